The van der Waals surface area contributed by atoms with Crippen molar-refractivity contribution in [2.24, 2.45) is 0 Å². The summed E-state index contributed by atoms with van der Waals surface area (Å²) in [7, 11) is 0. The zero-order valence-corrected chi connectivity index (χ0v) is 7.50. The van der Waals surface area contributed by atoms with Gasteiger partial charge in [0.1, 0.15) is 0 Å². The summed E-state index contributed by atoms with van der Waals surface area (Å²) >= 11 is 0. The Balaban J connectivity index is 2.63. The number of carbonyl (C=O) groups excluding carboxylic acids is 1. The van der Waals surface area contributed by atoms with E-state index < -0.39 is 0 Å². The van der Waals surface area contributed by atoms with Crippen molar-refractivity contribution in [3.05, 3.63) is 29.3 Å². The predicted molar refractivity (Wildman–Crippen MR) is 51.6 cm³/mol. The Hall–Kier alpha value is -1.51. The molecular weight excluding hydrogens is 164 g/mol. The van der Waals surface area contributed by atoms with Crippen LogP contribution < -0.4 is 11.1 Å². The Kier molecular flexibility index (Phi) is 1.72. The van der Waals surface area contributed by atoms with Crippen LogP contribution in [0.15, 0.2) is 18.2 Å². The summed E-state index contributed by atoms with van der Waals surface area (Å²) in [5.41, 5.74) is 8.02. The Morgan fingerprint density at radius 3 is 3.00 bits per heavy atom. The first-order valence-corrected chi connectivity index (χ1v) is 4.36. The summed E-state index contributed by atoms with van der Waals surface area (Å²) in [4.78, 5) is 11.5. The molecule has 1 aliphatic rings. The van der Waals surface area contributed by atoms with E-state index in [9.17, 15) is 4.79 Å². The van der Waals surface area contributed by atoms with Gasteiger partial charge in [0, 0.05) is 12.2 Å². The topological polar surface area (TPSA) is 55.1 Å². The van der Waals surface area contributed by atoms with Crippen molar-refractivity contribution < 1.29 is 4.79 Å². The number of hydrogen-bond donors (Lipinski definition) is 2. The normalized spacial score (nSPS) is 20.7. The number of nitrogens with two attached hydrogens (primary N) is 1. The number of hydrogen-bond acceptors (Lipinski definition) is 2. The molecule has 0 fully saturated rings. The molecule has 0 unspecified atom stereocenters. The van der Waals surface area contributed by atoms with E-state index in [1.165, 1.54) is 0 Å². The molecule has 1 heterocycles. The number of nitrogens with one attached hydrogen (secondary N) is 1. The average molecular weight is 176 g/mol. The lowest BCUT2D eigenvalue weighted by Gasteiger charge is -2.23. The second-order valence-corrected chi connectivity index (χ2v) is 3.42. The first-order chi connectivity index (χ1) is 6.20. The molecule has 0 radical (unpaired) electrons. The molecule has 2 rings (SSSR count). The zero-order chi connectivity index (χ0) is 9.42. The van der Waals surface area contributed by atoms with Crippen LogP contribution in [0.2, 0.25) is 0 Å². The minimum Gasteiger partial charge on any atom is -0.398 e. The highest BCUT2D eigenvalue weighted by molar-refractivity contribution is 6.01. The van der Waals surface area contributed by atoms with Crippen LogP contribution in [-0.2, 0) is 0 Å². The van der Waals surface area contributed by atoms with Crippen molar-refractivity contribution in [2.75, 3.05) is 12.3 Å². The van der Waals surface area contributed by atoms with Gasteiger partial charge in [-0.3, -0.25) is 4.79 Å². The van der Waals surface area contributed by atoms with E-state index in [0.717, 1.165) is 5.56 Å². The molecule has 3 nitrogen and oxygen atoms in total. The third-order valence-electron chi connectivity index (χ3n) is 2.46. The van der Waals surface area contributed by atoms with E-state index in [-0.39, 0.29) is 5.91 Å². The monoisotopic (exact) mass is 176 g/mol. The summed E-state index contributed by atoms with van der Waals surface area (Å²) in [5, 5.41) is 2.81. The molecule has 0 bridgehead atoms. The maximum absolute atomic E-state index is 11.5. The van der Waals surface area contributed by atoms with Crippen LogP contribution in [0, 0.1) is 0 Å². The van der Waals surface area contributed by atoms with E-state index in [0.29, 0.717) is 23.7 Å². The Bertz CT molecular complexity index is 360. The molecule has 0 saturated heterocycles. The third-order valence-corrected chi connectivity index (χ3v) is 2.46. The second-order valence-electron chi connectivity index (χ2n) is 3.42. The molecule has 3 N–H and O–H groups in total. The first kappa shape index (κ1) is 8.10. The van der Waals surface area contributed by atoms with Crippen LogP contribution in [0.25, 0.3) is 0 Å². The number of carbonyl (C=O) groups is 1. The summed E-state index contributed by atoms with van der Waals surface area (Å²) in [5.74, 6) is 0.308. The molecule has 1 atom stereocenters. The van der Waals surface area contributed by atoms with Crippen molar-refractivity contribution in [3.8, 4) is 0 Å². The summed E-state index contributed by atoms with van der Waals surface area (Å²) in [6.07, 6.45) is 0. The van der Waals surface area contributed by atoms with Gasteiger partial charge in [0.15, 0.2) is 0 Å². The number of fused-ring (bicyclic) bond motifs is 1. The van der Waals surface area contributed by atoms with E-state index in [2.05, 4.69) is 12.2 Å². The minimum atomic E-state index is -0.0498. The number of amides is 1. The Morgan fingerprint density at radius 1 is 1.54 bits per heavy atom. The minimum absolute atomic E-state index is 0.0498. The SMILES string of the molecule is C[C@@H]1CNC(=O)c2c(N)cccc21. The largest absolute Gasteiger partial charge is 0.398 e. The van der Waals surface area contributed by atoms with Crippen LogP contribution in [0.3, 0.4) is 0 Å². The molecule has 1 aromatic rings. The quantitative estimate of drug-likeness (QED) is 0.582. The zero-order valence-electron chi connectivity index (χ0n) is 7.50. The van der Waals surface area contributed by atoms with Crippen molar-refractivity contribution in [1.82, 2.24) is 5.32 Å². The summed E-state index contributed by atoms with van der Waals surface area (Å²) in [6, 6.07) is 5.62. The predicted octanol–water partition coefficient (Wildman–Crippen LogP) is 1.12. The molecule has 0 aliphatic carbocycles. The van der Waals surface area contributed by atoms with Gasteiger partial charge in [0.05, 0.1) is 5.56 Å². The number of rotatable bonds is 0. The van der Waals surface area contributed by atoms with Gasteiger partial charge >= 0.3 is 0 Å². The lowest BCUT2D eigenvalue weighted by atomic mass is 9.91. The van der Waals surface area contributed by atoms with Gasteiger partial charge in [-0.15, -0.1) is 0 Å². The van der Waals surface area contributed by atoms with Crippen LogP contribution in [0.1, 0.15) is 28.8 Å². The third kappa shape index (κ3) is 1.16. The molecular formula is C10H12N2O. The fourth-order valence-electron chi connectivity index (χ4n) is 1.71. The van der Waals surface area contributed by atoms with E-state index >= 15 is 0 Å². The van der Waals surface area contributed by atoms with E-state index in [1.807, 2.05) is 12.1 Å². The van der Waals surface area contributed by atoms with Gasteiger partial charge in [-0.1, -0.05) is 19.1 Å². The highest BCUT2D eigenvalue weighted by Crippen LogP contribution is 2.27. The Morgan fingerprint density at radius 2 is 2.31 bits per heavy atom. The second kappa shape index (κ2) is 2.76. The average Bonchev–Trinajstić information content (AvgIpc) is 2.12. The molecule has 13 heavy (non-hydrogen) atoms. The molecule has 1 amide bonds. The van der Waals surface area contributed by atoms with Gasteiger partial charge in [-0.05, 0) is 17.5 Å². The van der Waals surface area contributed by atoms with Gasteiger partial charge < -0.3 is 11.1 Å². The molecule has 0 aromatic heterocycles. The highest BCUT2D eigenvalue weighted by Gasteiger charge is 2.23. The fraction of sp³-hybridized carbons (Fsp3) is 0.300. The van der Waals surface area contributed by atoms with Crippen molar-refractivity contribution in [2.45, 2.75) is 12.8 Å². The Labute approximate surface area is 76.9 Å². The van der Waals surface area contributed by atoms with Crippen LogP contribution in [0.4, 0.5) is 5.69 Å². The summed E-state index contributed by atoms with van der Waals surface area (Å²) in [6.45, 7) is 2.78. The molecule has 1 aliphatic heterocycles. The standard InChI is InChI=1S/C10H12N2O/c1-6-5-12-10(13)9-7(6)3-2-4-8(9)11/h2-4,6H,5,11H2,1H3,(H,12,13)/t6-/m1/s1. The molecule has 1 aromatic carbocycles. The van der Waals surface area contributed by atoms with Crippen molar-refractivity contribution in [3.63, 3.8) is 0 Å². The maximum atomic E-state index is 11.5. The lowest BCUT2D eigenvalue weighted by Crippen LogP contribution is -2.34. The van der Waals surface area contributed by atoms with E-state index in [4.69, 9.17) is 5.73 Å². The number of benzene rings is 1. The molecule has 0 spiro atoms. The van der Waals surface area contributed by atoms with Gasteiger partial charge in [-0.2, -0.15) is 0 Å². The molecule has 3 heteroatoms. The first-order valence-electron chi connectivity index (χ1n) is 4.36. The van der Waals surface area contributed by atoms with Crippen molar-refractivity contribution in [1.29, 1.82) is 0 Å². The number of anilines is 1. The molecule has 0 saturated carbocycles. The molecule has 68 valence electrons. The van der Waals surface area contributed by atoms with Crippen LogP contribution in [-0.4, -0.2) is 12.5 Å². The lowest BCUT2D eigenvalue weighted by molar-refractivity contribution is 0.0942. The highest BCUT2D eigenvalue weighted by atomic mass is 16.1. The van der Waals surface area contributed by atoms with Crippen LogP contribution in [0.5, 0.6) is 0 Å². The van der Waals surface area contributed by atoms with Gasteiger partial charge in [0.2, 0.25) is 0 Å². The van der Waals surface area contributed by atoms with E-state index in [1.54, 1.807) is 6.07 Å². The fourth-order valence-corrected chi connectivity index (χ4v) is 1.71. The van der Waals surface area contributed by atoms with Crippen LogP contribution >= 0.6 is 0 Å². The summed E-state index contributed by atoms with van der Waals surface area (Å²) < 4.78 is 0. The smallest absolute Gasteiger partial charge is 0.253 e. The van der Waals surface area contributed by atoms with Gasteiger partial charge in [0.25, 0.3) is 5.91 Å². The van der Waals surface area contributed by atoms with Crippen molar-refractivity contribution >= 4 is 11.6 Å². The maximum Gasteiger partial charge on any atom is 0.253 e. The van der Waals surface area contributed by atoms with Gasteiger partial charge in [-0.25, -0.2) is 0 Å². The number of nitrogen functional groups attached to an aromatic ring is 1.